The number of hydrogen-bond donors (Lipinski definition) is 1. The number of para-hydroxylation sites is 2. The monoisotopic (exact) mass is 492 g/mol. The first-order valence-electron chi connectivity index (χ1n) is 8.60. The Morgan fingerprint density at radius 2 is 1.93 bits per heavy atom. The minimum absolute atomic E-state index is 0.0361. The van der Waals surface area contributed by atoms with E-state index in [1.165, 1.54) is 13.2 Å². The van der Waals surface area contributed by atoms with E-state index in [4.69, 9.17) is 14.2 Å². The number of carbonyl (C=O) groups excluding carboxylic acids is 1. The van der Waals surface area contributed by atoms with Gasteiger partial charge in [0.2, 0.25) is 0 Å². The van der Waals surface area contributed by atoms with E-state index in [1.54, 1.807) is 37.4 Å². The first kappa shape index (κ1) is 21.6. The largest absolute Gasteiger partial charge is 0.495 e. The number of nitrogens with zero attached hydrogens (tertiary/aromatic N) is 1. The first-order valence-corrected chi connectivity index (χ1v) is 9.68. The minimum atomic E-state index is -0.521. The van der Waals surface area contributed by atoms with Crippen LogP contribution in [0.25, 0.3) is 6.08 Å². The van der Waals surface area contributed by atoms with Gasteiger partial charge in [0.15, 0.2) is 11.5 Å². The summed E-state index contributed by atoms with van der Waals surface area (Å²) in [7, 11) is 3.07. The van der Waals surface area contributed by atoms with Crippen molar-refractivity contribution in [1.82, 2.24) is 0 Å². The van der Waals surface area contributed by atoms with E-state index in [0.717, 1.165) is 9.99 Å². The van der Waals surface area contributed by atoms with Crippen molar-refractivity contribution in [2.45, 2.75) is 13.3 Å². The molecule has 0 bridgehead atoms. The van der Waals surface area contributed by atoms with Crippen molar-refractivity contribution in [3.63, 3.8) is 0 Å². The molecule has 0 aliphatic carbocycles. The van der Waals surface area contributed by atoms with Gasteiger partial charge < -0.3 is 19.5 Å². The fourth-order valence-electron chi connectivity index (χ4n) is 2.42. The highest BCUT2D eigenvalue weighted by Gasteiger charge is 2.15. The first-order chi connectivity index (χ1) is 13.5. The Morgan fingerprint density at radius 3 is 2.57 bits per heavy atom. The minimum Gasteiger partial charge on any atom is -0.495 e. The molecule has 1 amide bonds. The van der Waals surface area contributed by atoms with Crippen molar-refractivity contribution < 1.29 is 19.0 Å². The lowest BCUT2D eigenvalue weighted by Gasteiger charge is -2.13. The van der Waals surface area contributed by atoms with E-state index >= 15 is 0 Å². The van der Waals surface area contributed by atoms with Crippen LogP contribution in [0.3, 0.4) is 0 Å². The summed E-state index contributed by atoms with van der Waals surface area (Å²) >= 11 is 2.14. The Balaban J connectivity index is 2.32. The summed E-state index contributed by atoms with van der Waals surface area (Å²) in [5, 5.41) is 12.2. The van der Waals surface area contributed by atoms with Gasteiger partial charge in [-0.1, -0.05) is 19.1 Å². The smallest absolute Gasteiger partial charge is 0.266 e. The van der Waals surface area contributed by atoms with E-state index in [1.807, 2.05) is 19.1 Å². The number of benzene rings is 2. The maximum atomic E-state index is 12.5. The van der Waals surface area contributed by atoms with Gasteiger partial charge in [-0.2, -0.15) is 5.26 Å². The second-order valence-corrected chi connectivity index (χ2v) is 6.87. The molecule has 2 aromatic carbocycles. The molecule has 0 aliphatic rings. The molecule has 0 aliphatic heterocycles. The normalized spacial score (nSPS) is 10.8. The van der Waals surface area contributed by atoms with Gasteiger partial charge in [-0.3, -0.25) is 4.79 Å². The number of carbonyl (C=O) groups is 1. The number of nitriles is 1. The lowest BCUT2D eigenvalue weighted by atomic mass is 10.1. The molecule has 2 rings (SSSR count). The molecule has 0 saturated carbocycles. The zero-order chi connectivity index (χ0) is 20.5. The molecule has 1 N–H and O–H groups in total. The van der Waals surface area contributed by atoms with Crippen LogP contribution in [-0.4, -0.2) is 26.7 Å². The van der Waals surface area contributed by atoms with E-state index in [9.17, 15) is 10.1 Å². The second kappa shape index (κ2) is 10.6. The third-order valence-electron chi connectivity index (χ3n) is 3.73. The standard InChI is InChI=1S/C21H21IN2O4/c1-4-9-28-20-16(22)11-14(12-19(20)27-3)10-15(13-23)21(25)24-17-7-5-6-8-18(17)26-2/h5-8,10-12H,4,9H2,1-3H3,(H,24,25)/b15-10-. The Kier molecular flexibility index (Phi) is 8.14. The molecule has 0 fully saturated rings. The summed E-state index contributed by atoms with van der Waals surface area (Å²) in [6, 6.07) is 12.5. The average Bonchev–Trinajstić information content (AvgIpc) is 2.71. The summed E-state index contributed by atoms with van der Waals surface area (Å²) in [4.78, 5) is 12.5. The van der Waals surface area contributed by atoms with Gasteiger partial charge >= 0.3 is 0 Å². The summed E-state index contributed by atoms with van der Waals surface area (Å²) in [6.07, 6.45) is 2.39. The van der Waals surface area contributed by atoms with Gasteiger partial charge in [-0.15, -0.1) is 0 Å². The lowest BCUT2D eigenvalue weighted by Crippen LogP contribution is -2.14. The van der Waals surface area contributed by atoms with Gasteiger partial charge in [0.1, 0.15) is 17.4 Å². The van der Waals surface area contributed by atoms with Crippen LogP contribution in [0.5, 0.6) is 17.2 Å². The van der Waals surface area contributed by atoms with Crippen molar-refractivity contribution in [3.05, 3.63) is 51.1 Å². The van der Waals surface area contributed by atoms with Crippen LogP contribution < -0.4 is 19.5 Å². The Hall–Kier alpha value is -2.73. The van der Waals surface area contributed by atoms with E-state index in [2.05, 4.69) is 27.9 Å². The van der Waals surface area contributed by atoms with Crippen LogP contribution in [0.1, 0.15) is 18.9 Å². The Bertz CT molecular complexity index is 919. The van der Waals surface area contributed by atoms with Gasteiger partial charge in [-0.05, 0) is 64.9 Å². The Labute approximate surface area is 178 Å². The third-order valence-corrected chi connectivity index (χ3v) is 4.53. The number of methoxy groups -OCH3 is 2. The van der Waals surface area contributed by atoms with E-state index in [0.29, 0.717) is 35.1 Å². The molecule has 2 aromatic rings. The topological polar surface area (TPSA) is 80.6 Å². The number of rotatable bonds is 8. The van der Waals surface area contributed by atoms with Crippen molar-refractivity contribution >= 4 is 40.3 Å². The van der Waals surface area contributed by atoms with Crippen LogP contribution >= 0.6 is 22.6 Å². The SMILES string of the molecule is CCCOc1c(I)cc(/C=C(/C#N)C(=O)Nc2ccccc2OC)cc1OC. The second-order valence-electron chi connectivity index (χ2n) is 5.71. The zero-order valence-corrected chi connectivity index (χ0v) is 18.1. The van der Waals surface area contributed by atoms with Crippen molar-refractivity contribution in [1.29, 1.82) is 5.26 Å². The number of anilines is 1. The molecule has 0 heterocycles. The lowest BCUT2D eigenvalue weighted by molar-refractivity contribution is -0.112. The summed E-state index contributed by atoms with van der Waals surface area (Å²) < 4.78 is 17.2. The maximum absolute atomic E-state index is 12.5. The van der Waals surface area contributed by atoms with Crippen molar-refractivity contribution in [2.24, 2.45) is 0 Å². The number of ether oxygens (including phenoxy) is 3. The van der Waals surface area contributed by atoms with Crippen LogP contribution in [0.2, 0.25) is 0 Å². The molecule has 0 aromatic heterocycles. The number of nitrogens with one attached hydrogen (secondary N) is 1. The maximum Gasteiger partial charge on any atom is 0.266 e. The summed E-state index contributed by atoms with van der Waals surface area (Å²) in [5.41, 5.74) is 1.12. The zero-order valence-electron chi connectivity index (χ0n) is 15.9. The Morgan fingerprint density at radius 1 is 1.21 bits per heavy atom. The van der Waals surface area contributed by atoms with Crippen LogP contribution in [0, 0.1) is 14.9 Å². The fraction of sp³-hybridized carbons (Fsp3) is 0.238. The van der Waals surface area contributed by atoms with Gasteiger partial charge in [-0.25, -0.2) is 0 Å². The molecule has 0 saturated heterocycles. The quantitative estimate of drug-likeness (QED) is 0.330. The van der Waals surface area contributed by atoms with E-state index < -0.39 is 5.91 Å². The molecule has 146 valence electrons. The van der Waals surface area contributed by atoms with Crippen LogP contribution in [0.4, 0.5) is 5.69 Å². The van der Waals surface area contributed by atoms with Gasteiger partial charge in [0, 0.05) is 0 Å². The molecule has 6 nitrogen and oxygen atoms in total. The number of halogens is 1. The molecule has 0 atom stereocenters. The molecule has 0 radical (unpaired) electrons. The average molecular weight is 492 g/mol. The van der Waals surface area contributed by atoms with Crippen LogP contribution in [-0.2, 0) is 4.79 Å². The van der Waals surface area contributed by atoms with E-state index in [-0.39, 0.29) is 5.57 Å². The van der Waals surface area contributed by atoms with Crippen molar-refractivity contribution in [2.75, 3.05) is 26.1 Å². The predicted molar refractivity (Wildman–Crippen MR) is 117 cm³/mol. The predicted octanol–water partition coefficient (Wildman–Crippen LogP) is 4.64. The molecule has 0 spiro atoms. The molecular formula is C21H21IN2O4. The molecule has 28 heavy (non-hydrogen) atoms. The van der Waals surface area contributed by atoms with Crippen molar-refractivity contribution in [3.8, 4) is 23.3 Å². The summed E-state index contributed by atoms with van der Waals surface area (Å²) in [6.45, 7) is 2.60. The third kappa shape index (κ3) is 5.39. The summed E-state index contributed by atoms with van der Waals surface area (Å²) in [5.74, 6) is 1.20. The number of amides is 1. The molecule has 0 unspecified atom stereocenters. The highest BCUT2D eigenvalue weighted by molar-refractivity contribution is 14.1. The number of hydrogen-bond acceptors (Lipinski definition) is 5. The highest BCUT2D eigenvalue weighted by atomic mass is 127. The fourth-order valence-corrected chi connectivity index (χ4v) is 3.20. The molecular weight excluding hydrogens is 471 g/mol. The highest BCUT2D eigenvalue weighted by Crippen LogP contribution is 2.35. The van der Waals surface area contributed by atoms with Gasteiger partial charge in [0.05, 0.1) is 30.1 Å². The molecule has 7 heteroatoms. The van der Waals surface area contributed by atoms with Crippen LogP contribution in [0.15, 0.2) is 42.0 Å². The van der Waals surface area contributed by atoms with Gasteiger partial charge in [0.25, 0.3) is 5.91 Å².